The summed E-state index contributed by atoms with van der Waals surface area (Å²) in [5.74, 6) is -0.890. The first kappa shape index (κ1) is 78.8. The number of ether oxygens (including phenoxy) is 3. The van der Waals surface area contributed by atoms with Gasteiger partial charge in [0.15, 0.2) is 6.10 Å². The van der Waals surface area contributed by atoms with Crippen molar-refractivity contribution < 1.29 is 28.6 Å². The Kier molecular flexibility index (Phi) is 67.6. The Morgan fingerprint density at radius 2 is 0.439 bits per heavy atom. The topological polar surface area (TPSA) is 78.9 Å². The molecule has 1 atom stereocenters. The van der Waals surface area contributed by atoms with E-state index < -0.39 is 6.10 Å². The first-order valence-corrected chi connectivity index (χ1v) is 35.9. The molecule has 6 heteroatoms. The second kappa shape index (κ2) is 70.3. The van der Waals surface area contributed by atoms with Gasteiger partial charge in [-0.15, -0.1) is 0 Å². The molecule has 0 aliphatic carbocycles. The molecule has 0 aliphatic rings. The molecule has 0 aliphatic heterocycles. The highest BCUT2D eigenvalue weighted by Crippen LogP contribution is 2.17. The lowest BCUT2D eigenvalue weighted by Crippen LogP contribution is -2.30. The van der Waals surface area contributed by atoms with Crippen molar-refractivity contribution in [2.75, 3.05) is 13.2 Å². The molecule has 0 saturated carbocycles. The third-order valence-electron chi connectivity index (χ3n) is 15.9. The quantitative estimate of drug-likeness (QED) is 0.0261. The zero-order valence-corrected chi connectivity index (χ0v) is 54.8. The Morgan fingerprint density at radius 1 is 0.244 bits per heavy atom. The second-order valence-corrected chi connectivity index (χ2v) is 24.1. The van der Waals surface area contributed by atoms with Crippen molar-refractivity contribution in [2.24, 2.45) is 0 Å². The van der Waals surface area contributed by atoms with Crippen LogP contribution in [0.1, 0.15) is 374 Å². The molecule has 1 unspecified atom stereocenters. The van der Waals surface area contributed by atoms with Crippen molar-refractivity contribution in [3.05, 3.63) is 72.9 Å². The lowest BCUT2D eigenvalue weighted by atomic mass is 10.0. The van der Waals surface area contributed by atoms with Gasteiger partial charge in [-0.1, -0.05) is 312 Å². The predicted octanol–water partition coefficient (Wildman–Crippen LogP) is 24.8. The number of hydrogen-bond acceptors (Lipinski definition) is 6. The van der Waals surface area contributed by atoms with Crippen molar-refractivity contribution in [3.8, 4) is 0 Å². The Bertz CT molecular complexity index is 1500. The van der Waals surface area contributed by atoms with E-state index in [0.29, 0.717) is 19.3 Å². The Labute approximate surface area is 510 Å². The number of esters is 3. The molecule has 476 valence electrons. The summed E-state index contributed by atoms with van der Waals surface area (Å²) in [5, 5.41) is 0. The molecule has 0 aromatic carbocycles. The number of carbonyl (C=O) groups excluding carboxylic acids is 3. The lowest BCUT2D eigenvalue weighted by molar-refractivity contribution is -0.167. The lowest BCUT2D eigenvalue weighted by Gasteiger charge is -2.18. The highest BCUT2D eigenvalue weighted by molar-refractivity contribution is 5.71. The number of rotatable bonds is 66. The van der Waals surface area contributed by atoms with Crippen molar-refractivity contribution >= 4 is 17.9 Å². The summed E-state index contributed by atoms with van der Waals surface area (Å²) in [6.07, 6.45) is 92.1. The van der Waals surface area contributed by atoms with E-state index in [-0.39, 0.29) is 31.1 Å². The summed E-state index contributed by atoms with van der Waals surface area (Å²) >= 11 is 0. The maximum absolute atomic E-state index is 13.0. The second-order valence-electron chi connectivity index (χ2n) is 24.1. The molecule has 0 fully saturated rings. The van der Waals surface area contributed by atoms with Crippen LogP contribution in [-0.2, 0) is 28.6 Å². The average molecular weight is 1150 g/mol. The van der Waals surface area contributed by atoms with Crippen LogP contribution >= 0.6 is 0 Å². The summed E-state index contributed by atoms with van der Waals surface area (Å²) in [6, 6.07) is 0. The van der Waals surface area contributed by atoms with Crippen molar-refractivity contribution in [1.82, 2.24) is 0 Å². The van der Waals surface area contributed by atoms with Crippen LogP contribution in [0.25, 0.3) is 0 Å². The number of carbonyl (C=O) groups is 3. The Hall–Kier alpha value is -3.15. The minimum absolute atomic E-state index is 0.0830. The molecule has 0 aromatic heterocycles. The van der Waals surface area contributed by atoms with Gasteiger partial charge in [0.25, 0.3) is 0 Å². The highest BCUT2D eigenvalue weighted by Gasteiger charge is 2.19. The van der Waals surface area contributed by atoms with E-state index in [4.69, 9.17) is 14.2 Å². The van der Waals surface area contributed by atoms with E-state index >= 15 is 0 Å². The van der Waals surface area contributed by atoms with Gasteiger partial charge in [-0.05, 0) is 116 Å². The van der Waals surface area contributed by atoms with E-state index in [1.807, 2.05) is 0 Å². The average Bonchev–Trinajstić information content (AvgIpc) is 3.47. The highest BCUT2D eigenvalue weighted by atomic mass is 16.6. The van der Waals surface area contributed by atoms with Crippen LogP contribution in [0.3, 0.4) is 0 Å². The predicted molar refractivity (Wildman–Crippen MR) is 358 cm³/mol. The van der Waals surface area contributed by atoms with Crippen LogP contribution in [0, 0.1) is 0 Å². The monoisotopic (exact) mass is 1150 g/mol. The van der Waals surface area contributed by atoms with Crippen LogP contribution in [0.4, 0.5) is 0 Å². The zero-order valence-electron chi connectivity index (χ0n) is 54.8. The maximum atomic E-state index is 13.0. The fourth-order valence-electron chi connectivity index (χ4n) is 10.5. The van der Waals surface area contributed by atoms with Crippen LogP contribution in [0.15, 0.2) is 72.9 Å². The van der Waals surface area contributed by atoms with Crippen LogP contribution in [-0.4, -0.2) is 37.2 Å². The van der Waals surface area contributed by atoms with Gasteiger partial charge in [-0.3, -0.25) is 14.4 Å². The Morgan fingerprint density at radius 3 is 0.707 bits per heavy atom. The maximum Gasteiger partial charge on any atom is 0.306 e. The minimum Gasteiger partial charge on any atom is -0.462 e. The third-order valence-corrected chi connectivity index (χ3v) is 15.9. The van der Waals surface area contributed by atoms with Crippen LogP contribution < -0.4 is 0 Å². The largest absolute Gasteiger partial charge is 0.462 e. The van der Waals surface area contributed by atoms with E-state index in [1.54, 1.807) is 0 Å². The van der Waals surface area contributed by atoms with Crippen molar-refractivity contribution in [1.29, 1.82) is 0 Å². The smallest absolute Gasteiger partial charge is 0.306 e. The third kappa shape index (κ3) is 67.6. The normalized spacial score (nSPS) is 12.5. The first-order chi connectivity index (χ1) is 40.5. The molecule has 0 amide bonds. The van der Waals surface area contributed by atoms with Crippen LogP contribution in [0.2, 0.25) is 0 Å². The molecule has 0 radical (unpaired) electrons. The Balaban J connectivity index is 4.32. The number of unbranched alkanes of at least 4 members (excludes halogenated alkanes) is 43. The molecule has 0 aromatic rings. The standard InChI is InChI=1S/C76H136O6/c1-4-7-10-13-16-19-22-25-28-31-33-35-36-37-38-39-40-42-43-45-48-51-54-57-60-63-66-69-75(78)81-72-73(71-80-74(77)68-65-62-59-56-53-50-47-30-27-24-21-18-15-12-9-6-3)82-76(79)70-67-64-61-58-55-52-49-46-44-41-34-32-29-26-23-20-17-14-11-8-5-2/h21,23-24,26,30-34,44,46-47,73H,4-20,22,25,27-29,35-43,45,48-72H2,1-3H3/b24-21-,26-23-,33-31-,34-32-,46-44-,47-30-. The molecule has 6 nitrogen and oxygen atoms in total. The summed E-state index contributed by atoms with van der Waals surface area (Å²) in [4.78, 5) is 38.5. The van der Waals surface area contributed by atoms with Crippen molar-refractivity contribution in [2.45, 2.75) is 380 Å². The number of hydrogen-bond donors (Lipinski definition) is 0. The minimum atomic E-state index is -0.790. The molecular weight excluding hydrogens is 1010 g/mol. The fourth-order valence-corrected chi connectivity index (χ4v) is 10.5. The van der Waals surface area contributed by atoms with Gasteiger partial charge in [-0.2, -0.15) is 0 Å². The van der Waals surface area contributed by atoms with E-state index in [0.717, 1.165) is 103 Å². The molecule has 0 bridgehead atoms. The van der Waals surface area contributed by atoms with Crippen LogP contribution in [0.5, 0.6) is 0 Å². The van der Waals surface area contributed by atoms with Gasteiger partial charge >= 0.3 is 17.9 Å². The summed E-state index contributed by atoms with van der Waals surface area (Å²) in [5.41, 5.74) is 0. The molecule has 82 heavy (non-hydrogen) atoms. The van der Waals surface area contributed by atoms with Gasteiger partial charge in [0.05, 0.1) is 0 Å². The zero-order chi connectivity index (χ0) is 59.2. The summed E-state index contributed by atoms with van der Waals surface area (Å²) < 4.78 is 17.0. The van der Waals surface area contributed by atoms with Gasteiger partial charge in [0.1, 0.15) is 13.2 Å². The first-order valence-electron chi connectivity index (χ1n) is 35.9. The fraction of sp³-hybridized carbons (Fsp3) is 0.803. The summed E-state index contributed by atoms with van der Waals surface area (Å²) in [7, 11) is 0. The number of allylic oxidation sites excluding steroid dienone is 12. The SMILES string of the molecule is CCCCCC/C=C\C/C=C\CCCCCCCC(=O)OCC(COC(=O)CCCCCCCCCCCCCCCCC/C=C\CCCCCCCCCC)OC(=O)CCCCCCCC/C=C\C/C=C\C/C=C\CCCCCCC. The molecule has 0 saturated heterocycles. The van der Waals surface area contributed by atoms with Gasteiger partial charge < -0.3 is 14.2 Å². The van der Waals surface area contributed by atoms with Crippen molar-refractivity contribution in [3.63, 3.8) is 0 Å². The van der Waals surface area contributed by atoms with E-state index in [2.05, 4.69) is 93.7 Å². The van der Waals surface area contributed by atoms with E-state index in [9.17, 15) is 14.4 Å². The molecule has 0 heterocycles. The molecule has 0 N–H and O–H groups in total. The molecular formula is C76H136O6. The van der Waals surface area contributed by atoms with E-state index in [1.165, 1.54) is 231 Å². The summed E-state index contributed by atoms with van der Waals surface area (Å²) in [6.45, 7) is 6.64. The molecule has 0 rings (SSSR count). The van der Waals surface area contributed by atoms with Gasteiger partial charge in [-0.25, -0.2) is 0 Å². The van der Waals surface area contributed by atoms with Gasteiger partial charge in [0.2, 0.25) is 0 Å². The van der Waals surface area contributed by atoms with Gasteiger partial charge in [0, 0.05) is 19.3 Å². The molecule has 0 spiro atoms.